The Kier molecular flexibility index (Phi) is 4.29. The van der Waals surface area contributed by atoms with Crippen LogP contribution in [0.1, 0.15) is 21.5 Å². The third-order valence-corrected chi connectivity index (χ3v) is 3.46. The minimum atomic E-state index is -0.494. The van der Waals surface area contributed by atoms with Crippen LogP contribution in [0.2, 0.25) is 0 Å². The third-order valence-electron chi connectivity index (χ3n) is 2.96. The summed E-state index contributed by atoms with van der Waals surface area (Å²) in [6, 6.07) is 10.8. The highest BCUT2D eigenvalue weighted by Gasteiger charge is 2.07. The molecule has 0 aliphatic heterocycles. The largest absolute Gasteiger partial charge is 0.489 e. The van der Waals surface area contributed by atoms with Gasteiger partial charge in [0.15, 0.2) is 0 Å². The molecule has 0 bridgehead atoms. The van der Waals surface area contributed by atoms with Gasteiger partial charge in [-0.1, -0.05) is 28.1 Å². The van der Waals surface area contributed by atoms with Crippen molar-refractivity contribution in [1.29, 1.82) is 0 Å². The van der Waals surface area contributed by atoms with Gasteiger partial charge in [0.05, 0.1) is 0 Å². The molecule has 104 valence electrons. The molecule has 0 saturated heterocycles. The van der Waals surface area contributed by atoms with Crippen LogP contribution in [-0.4, -0.2) is 5.91 Å². The van der Waals surface area contributed by atoms with Gasteiger partial charge in [0, 0.05) is 21.3 Å². The lowest BCUT2D eigenvalue weighted by molar-refractivity contribution is 0.100. The van der Waals surface area contributed by atoms with Crippen LogP contribution in [0, 0.1) is 6.92 Å². The second kappa shape index (κ2) is 5.96. The van der Waals surface area contributed by atoms with Crippen molar-refractivity contribution in [2.75, 3.05) is 5.73 Å². The lowest BCUT2D eigenvalue weighted by Gasteiger charge is -2.11. The second-order valence-electron chi connectivity index (χ2n) is 4.48. The van der Waals surface area contributed by atoms with Crippen molar-refractivity contribution < 1.29 is 9.53 Å². The highest BCUT2D eigenvalue weighted by atomic mass is 79.9. The van der Waals surface area contributed by atoms with Crippen LogP contribution in [-0.2, 0) is 6.61 Å². The molecule has 0 atom stereocenters. The number of primary amides is 1. The Morgan fingerprint density at radius 3 is 2.65 bits per heavy atom. The molecular weight excluding hydrogens is 320 g/mol. The van der Waals surface area contributed by atoms with E-state index in [1.807, 2.05) is 25.1 Å². The molecule has 0 fully saturated rings. The van der Waals surface area contributed by atoms with Gasteiger partial charge in [0.2, 0.25) is 5.91 Å². The first-order chi connectivity index (χ1) is 9.47. The molecule has 0 aliphatic carbocycles. The number of carbonyl (C=O) groups excluding carboxylic acids is 1. The summed E-state index contributed by atoms with van der Waals surface area (Å²) in [4.78, 5) is 11.1. The van der Waals surface area contributed by atoms with E-state index in [4.69, 9.17) is 16.2 Å². The van der Waals surface area contributed by atoms with Crippen LogP contribution in [0.15, 0.2) is 40.9 Å². The number of nitrogen functional groups attached to an aromatic ring is 1. The molecule has 0 aliphatic rings. The van der Waals surface area contributed by atoms with E-state index in [9.17, 15) is 4.79 Å². The van der Waals surface area contributed by atoms with Crippen LogP contribution in [0.4, 0.5) is 5.69 Å². The smallest absolute Gasteiger partial charge is 0.248 e. The van der Waals surface area contributed by atoms with Crippen molar-refractivity contribution >= 4 is 27.5 Å². The Morgan fingerprint density at radius 2 is 2.00 bits per heavy atom. The van der Waals surface area contributed by atoms with E-state index in [2.05, 4.69) is 15.9 Å². The van der Waals surface area contributed by atoms with E-state index in [0.717, 1.165) is 21.3 Å². The van der Waals surface area contributed by atoms with Crippen molar-refractivity contribution in [3.05, 3.63) is 57.6 Å². The Bertz CT molecular complexity index is 656. The maximum Gasteiger partial charge on any atom is 0.248 e. The fraction of sp³-hybridized carbons (Fsp3) is 0.133. The van der Waals surface area contributed by atoms with Crippen molar-refractivity contribution in [2.24, 2.45) is 5.73 Å². The maximum atomic E-state index is 11.1. The fourth-order valence-corrected chi connectivity index (χ4v) is 2.10. The molecule has 2 aromatic carbocycles. The van der Waals surface area contributed by atoms with E-state index in [1.54, 1.807) is 18.2 Å². The summed E-state index contributed by atoms with van der Waals surface area (Å²) in [5.41, 5.74) is 13.8. The molecule has 2 rings (SSSR count). The van der Waals surface area contributed by atoms with Gasteiger partial charge in [0.25, 0.3) is 0 Å². The van der Waals surface area contributed by atoms with Gasteiger partial charge in [0.1, 0.15) is 12.4 Å². The number of benzene rings is 2. The van der Waals surface area contributed by atoms with Gasteiger partial charge < -0.3 is 16.2 Å². The van der Waals surface area contributed by atoms with Crippen LogP contribution in [0.5, 0.6) is 5.75 Å². The second-order valence-corrected chi connectivity index (χ2v) is 5.39. The number of halogens is 1. The molecule has 2 aromatic rings. The first-order valence-electron chi connectivity index (χ1n) is 6.04. The van der Waals surface area contributed by atoms with Gasteiger partial charge in [-0.15, -0.1) is 0 Å². The quantitative estimate of drug-likeness (QED) is 0.843. The Balaban J connectivity index is 2.15. The predicted molar refractivity (Wildman–Crippen MR) is 82.6 cm³/mol. The predicted octanol–water partition coefficient (Wildman–Crippen LogP) is 3.02. The van der Waals surface area contributed by atoms with E-state index >= 15 is 0 Å². The first kappa shape index (κ1) is 14.4. The van der Waals surface area contributed by atoms with E-state index in [1.165, 1.54) is 0 Å². The average Bonchev–Trinajstić information content (AvgIpc) is 2.40. The monoisotopic (exact) mass is 334 g/mol. The van der Waals surface area contributed by atoms with Gasteiger partial charge in [-0.05, 0) is 36.8 Å². The van der Waals surface area contributed by atoms with Gasteiger partial charge in [-0.25, -0.2) is 0 Å². The summed E-state index contributed by atoms with van der Waals surface area (Å²) in [5.74, 6) is 0.296. The van der Waals surface area contributed by atoms with Gasteiger partial charge >= 0.3 is 0 Å². The summed E-state index contributed by atoms with van der Waals surface area (Å²) >= 11 is 3.41. The zero-order valence-corrected chi connectivity index (χ0v) is 12.6. The molecule has 0 radical (unpaired) electrons. The van der Waals surface area contributed by atoms with Crippen LogP contribution in [0.25, 0.3) is 0 Å². The van der Waals surface area contributed by atoms with E-state index in [0.29, 0.717) is 17.9 Å². The number of rotatable bonds is 4. The highest BCUT2D eigenvalue weighted by Crippen LogP contribution is 2.24. The SMILES string of the molecule is Cc1ccc(Br)cc1OCc1ccc(C(N)=O)cc1N. The Hall–Kier alpha value is -2.01. The topological polar surface area (TPSA) is 78.3 Å². The number of hydrogen-bond donors (Lipinski definition) is 2. The Morgan fingerprint density at radius 1 is 1.25 bits per heavy atom. The molecule has 4 nitrogen and oxygen atoms in total. The summed E-state index contributed by atoms with van der Waals surface area (Å²) in [5, 5.41) is 0. The van der Waals surface area contributed by atoms with Crippen LogP contribution < -0.4 is 16.2 Å². The molecule has 5 heteroatoms. The number of aryl methyl sites for hydroxylation is 1. The van der Waals surface area contributed by atoms with Crippen LogP contribution >= 0.6 is 15.9 Å². The molecule has 0 heterocycles. The summed E-state index contributed by atoms with van der Waals surface area (Å²) < 4.78 is 6.71. The van der Waals surface area contributed by atoms with Crippen LogP contribution in [0.3, 0.4) is 0 Å². The zero-order valence-electron chi connectivity index (χ0n) is 11.0. The lowest BCUT2D eigenvalue weighted by atomic mass is 10.1. The number of hydrogen-bond acceptors (Lipinski definition) is 3. The third kappa shape index (κ3) is 3.30. The first-order valence-corrected chi connectivity index (χ1v) is 6.84. The number of ether oxygens (including phenoxy) is 1. The zero-order chi connectivity index (χ0) is 14.7. The number of anilines is 1. The molecule has 4 N–H and O–H groups in total. The summed E-state index contributed by atoms with van der Waals surface area (Å²) in [6.45, 7) is 2.31. The molecule has 20 heavy (non-hydrogen) atoms. The van der Waals surface area contributed by atoms with E-state index in [-0.39, 0.29) is 0 Å². The standard InChI is InChI=1S/C15H15BrN2O2/c1-9-2-5-12(16)7-14(9)20-8-11-4-3-10(15(18)19)6-13(11)17/h2-7H,8,17H2,1H3,(H2,18,19). The van der Waals surface area contributed by atoms with Gasteiger partial charge in [-0.2, -0.15) is 0 Å². The molecule has 0 aromatic heterocycles. The molecule has 0 spiro atoms. The van der Waals surface area contributed by atoms with Gasteiger partial charge in [-0.3, -0.25) is 4.79 Å². The van der Waals surface area contributed by atoms with E-state index < -0.39 is 5.91 Å². The molecular formula is C15H15BrN2O2. The molecule has 0 saturated carbocycles. The average molecular weight is 335 g/mol. The van der Waals surface area contributed by atoms with Crippen molar-refractivity contribution in [2.45, 2.75) is 13.5 Å². The minimum Gasteiger partial charge on any atom is -0.489 e. The van der Waals surface area contributed by atoms with Crippen molar-refractivity contribution in [3.63, 3.8) is 0 Å². The number of amides is 1. The number of carbonyl (C=O) groups is 1. The minimum absolute atomic E-state index is 0.335. The Labute approximate surface area is 125 Å². The lowest BCUT2D eigenvalue weighted by Crippen LogP contribution is -2.12. The summed E-state index contributed by atoms with van der Waals surface area (Å²) in [6.07, 6.45) is 0. The van der Waals surface area contributed by atoms with Crippen molar-refractivity contribution in [3.8, 4) is 5.75 Å². The summed E-state index contributed by atoms with van der Waals surface area (Å²) in [7, 11) is 0. The number of nitrogens with two attached hydrogens (primary N) is 2. The van der Waals surface area contributed by atoms with Crippen molar-refractivity contribution in [1.82, 2.24) is 0 Å². The maximum absolute atomic E-state index is 11.1. The normalized spacial score (nSPS) is 10.3. The fourth-order valence-electron chi connectivity index (χ4n) is 1.76. The molecule has 0 unspecified atom stereocenters. The molecule has 1 amide bonds. The highest BCUT2D eigenvalue weighted by molar-refractivity contribution is 9.10.